The maximum absolute atomic E-state index is 12.9. The van der Waals surface area contributed by atoms with Crippen LogP contribution in [0.15, 0.2) is 29.4 Å². The van der Waals surface area contributed by atoms with Gasteiger partial charge in [-0.25, -0.2) is 8.42 Å². The molecule has 4 rings (SSSR count). The Bertz CT molecular complexity index is 1060. The second-order valence-electron chi connectivity index (χ2n) is 8.43. The van der Waals surface area contributed by atoms with E-state index in [0.717, 1.165) is 12.0 Å². The molecule has 30 heavy (non-hydrogen) atoms. The molecular weight excluding hydrogens is 426 g/mol. The van der Waals surface area contributed by atoms with Crippen LogP contribution in [0.3, 0.4) is 0 Å². The highest BCUT2D eigenvalue weighted by Crippen LogP contribution is 2.46. The number of nitrogens with one attached hydrogen (secondary N) is 1. The van der Waals surface area contributed by atoms with Crippen molar-refractivity contribution in [2.45, 2.75) is 44.7 Å². The lowest BCUT2D eigenvalue weighted by molar-refractivity contribution is 0.0504. The zero-order valence-corrected chi connectivity index (χ0v) is 18.7. The van der Waals surface area contributed by atoms with E-state index in [1.165, 1.54) is 28.1 Å². The summed E-state index contributed by atoms with van der Waals surface area (Å²) in [6.07, 6.45) is 4.55. The lowest BCUT2D eigenvalue weighted by Gasteiger charge is -2.49. The summed E-state index contributed by atoms with van der Waals surface area (Å²) in [5.41, 5.74) is 1.15. The van der Waals surface area contributed by atoms with Crippen LogP contribution in [0.5, 0.6) is 0 Å². The predicted molar refractivity (Wildman–Crippen MR) is 113 cm³/mol. The van der Waals surface area contributed by atoms with Gasteiger partial charge in [0.25, 0.3) is 15.9 Å². The van der Waals surface area contributed by atoms with Gasteiger partial charge < -0.3 is 5.32 Å². The van der Waals surface area contributed by atoms with Gasteiger partial charge in [0, 0.05) is 35.6 Å². The van der Waals surface area contributed by atoms with E-state index in [4.69, 9.17) is 11.6 Å². The third-order valence-electron chi connectivity index (χ3n) is 5.90. The number of sulfonamides is 1. The number of halogens is 1. The van der Waals surface area contributed by atoms with Crippen LogP contribution in [0.2, 0.25) is 5.02 Å². The fourth-order valence-electron chi connectivity index (χ4n) is 4.05. The van der Waals surface area contributed by atoms with Gasteiger partial charge in [0.05, 0.1) is 12.7 Å². The quantitative estimate of drug-likeness (QED) is 0.665. The highest BCUT2D eigenvalue weighted by Gasteiger charge is 2.51. The zero-order chi connectivity index (χ0) is 21.5. The number of carbonyl (C=O) groups excluding carboxylic acids is 1. The van der Waals surface area contributed by atoms with E-state index in [1.807, 2.05) is 13.8 Å². The number of amides is 1. The van der Waals surface area contributed by atoms with Crippen molar-refractivity contribution in [1.29, 1.82) is 0 Å². The van der Waals surface area contributed by atoms with Gasteiger partial charge in [0.1, 0.15) is 0 Å². The number of aromatic nitrogens is 3. The molecule has 0 atom stereocenters. The van der Waals surface area contributed by atoms with Crippen LogP contribution < -0.4 is 5.32 Å². The fourth-order valence-corrected chi connectivity index (χ4v) is 5.81. The number of benzene rings is 1. The van der Waals surface area contributed by atoms with E-state index in [1.54, 1.807) is 18.2 Å². The normalized spacial score (nSPS) is 18.8. The molecule has 10 heteroatoms. The molecule has 2 aromatic rings. The standard InChI is InChI=1S/C20H26ClN5O3S/c1-3-26-23-10-18(24-26)30(28,29)25-12-20(13-25,9-15-4-5-15)11-22-19(27)17-7-6-16(21)8-14(17)2/h6-8,10,15H,3-5,9,11-13H2,1-2H3,(H,22,27). The van der Waals surface area contributed by atoms with Crippen LogP contribution in [0, 0.1) is 18.3 Å². The topological polar surface area (TPSA) is 97.2 Å². The Hall–Kier alpha value is -1.97. The van der Waals surface area contributed by atoms with Crippen molar-refractivity contribution in [3.8, 4) is 0 Å². The first kappa shape index (κ1) is 21.3. The van der Waals surface area contributed by atoms with Gasteiger partial charge in [-0.3, -0.25) is 4.79 Å². The molecule has 1 aromatic carbocycles. The van der Waals surface area contributed by atoms with Gasteiger partial charge in [-0.1, -0.05) is 24.4 Å². The molecular formula is C20H26ClN5O3S. The molecule has 1 aromatic heterocycles. The Kier molecular flexibility index (Phi) is 5.63. The second kappa shape index (κ2) is 7.94. The Morgan fingerprint density at radius 3 is 2.67 bits per heavy atom. The molecule has 1 saturated carbocycles. The summed E-state index contributed by atoms with van der Waals surface area (Å²) in [5, 5.41) is 11.6. The number of rotatable bonds is 8. The number of hydrogen-bond acceptors (Lipinski definition) is 5. The molecule has 0 bridgehead atoms. The van der Waals surface area contributed by atoms with Crippen LogP contribution >= 0.6 is 11.6 Å². The number of carbonyl (C=O) groups is 1. The first-order valence-corrected chi connectivity index (χ1v) is 12.0. The molecule has 2 fully saturated rings. The molecule has 0 radical (unpaired) electrons. The molecule has 2 aliphatic rings. The molecule has 0 unspecified atom stereocenters. The van der Waals surface area contributed by atoms with E-state index < -0.39 is 10.0 Å². The van der Waals surface area contributed by atoms with Gasteiger partial charge in [-0.2, -0.15) is 14.2 Å². The van der Waals surface area contributed by atoms with Crippen LogP contribution in [0.25, 0.3) is 0 Å². The van der Waals surface area contributed by atoms with Crippen molar-refractivity contribution in [3.05, 3.63) is 40.5 Å². The SMILES string of the molecule is CCn1ncc(S(=O)(=O)N2CC(CNC(=O)c3ccc(Cl)cc3C)(CC3CC3)C2)n1. The molecule has 0 spiro atoms. The van der Waals surface area contributed by atoms with E-state index in [-0.39, 0.29) is 16.3 Å². The summed E-state index contributed by atoms with van der Waals surface area (Å²) in [4.78, 5) is 14.1. The highest BCUT2D eigenvalue weighted by atomic mass is 35.5. The number of aryl methyl sites for hydroxylation is 2. The smallest absolute Gasteiger partial charge is 0.264 e. The first-order valence-electron chi connectivity index (χ1n) is 10.2. The van der Waals surface area contributed by atoms with E-state index in [9.17, 15) is 13.2 Å². The van der Waals surface area contributed by atoms with Crippen molar-refractivity contribution in [1.82, 2.24) is 24.6 Å². The molecule has 162 valence electrons. The molecule has 1 saturated heterocycles. The molecule has 1 N–H and O–H groups in total. The summed E-state index contributed by atoms with van der Waals surface area (Å²) in [5.74, 6) is 0.455. The summed E-state index contributed by atoms with van der Waals surface area (Å²) < 4.78 is 27.2. The van der Waals surface area contributed by atoms with Gasteiger partial charge in [-0.15, -0.1) is 5.10 Å². The average molecular weight is 452 g/mol. The Morgan fingerprint density at radius 1 is 1.33 bits per heavy atom. The molecule has 1 aliphatic carbocycles. The van der Waals surface area contributed by atoms with Gasteiger partial charge in [0.2, 0.25) is 5.03 Å². The third-order valence-corrected chi connectivity index (χ3v) is 7.79. The summed E-state index contributed by atoms with van der Waals surface area (Å²) >= 11 is 5.98. The number of hydrogen-bond donors (Lipinski definition) is 1. The van der Waals surface area contributed by atoms with Crippen molar-refractivity contribution in [2.24, 2.45) is 11.3 Å². The molecule has 1 amide bonds. The van der Waals surface area contributed by atoms with Crippen molar-refractivity contribution >= 4 is 27.5 Å². The maximum atomic E-state index is 12.9. The minimum atomic E-state index is -3.67. The summed E-state index contributed by atoms with van der Waals surface area (Å²) in [7, 11) is -3.67. The van der Waals surface area contributed by atoms with Crippen molar-refractivity contribution in [2.75, 3.05) is 19.6 Å². The van der Waals surface area contributed by atoms with Gasteiger partial charge >= 0.3 is 0 Å². The monoisotopic (exact) mass is 451 g/mol. The summed E-state index contributed by atoms with van der Waals surface area (Å²) in [6, 6.07) is 5.18. The highest BCUT2D eigenvalue weighted by molar-refractivity contribution is 7.89. The van der Waals surface area contributed by atoms with Crippen LogP contribution in [-0.4, -0.2) is 53.3 Å². The Labute approximate surface area is 181 Å². The molecule has 2 heterocycles. The number of nitrogens with zero attached hydrogens (tertiary/aromatic N) is 4. The van der Waals surface area contributed by atoms with Crippen LogP contribution in [0.1, 0.15) is 42.1 Å². The van der Waals surface area contributed by atoms with Crippen LogP contribution in [0.4, 0.5) is 0 Å². The first-order chi connectivity index (χ1) is 14.2. The lowest BCUT2D eigenvalue weighted by Crippen LogP contribution is -2.62. The minimum absolute atomic E-state index is 0.0230. The lowest BCUT2D eigenvalue weighted by atomic mass is 9.76. The van der Waals surface area contributed by atoms with Gasteiger partial charge in [-0.05, 0) is 49.9 Å². The van der Waals surface area contributed by atoms with E-state index >= 15 is 0 Å². The maximum Gasteiger partial charge on any atom is 0.264 e. The van der Waals surface area contributed by atoms with E-state index in [2.05, 4.69) is 15.5 Å². The predicted octanol–water partition coefficient (Wildman–Crippen LogP) is 2.48. The van der Waals surface area contributed by atoms with Crippen LogP contribution in [-0.2, 0) is 16.6 Å². The third kappa shape index (κ3) is 4.24. The Morgan fingerprint density at radius 2 is 2.07 bits per heavy atom. The zero-order valence-electron chi connectivity index (χ0n) is 17.1. The Balaban J connectivity index is 1.44. The van der Waals surface area contributed by atoms with Gasteiger partial charge in [0.15, 0.2) is 0 Å². The van der Waals surface area contributed by atoms with E-state index in [0.29, 0.717) is 42.7 Å². The molecule has 8 nitrogen and oxygen atoms in total. The van der Waals surface area contributed by atoms with Crippen molar-refractivity contribution in [3.63, 3.8) is 0 Å². The second-order valence-corrected chi connectivity index (χ2v) is 10.8. The fraction of sp³-hybridized carbons (Fsp3) is 0.550. The summed E-state index contributed by atoms with van der Waals surface area (Å²) in [6.45, 7) is 5.42. The largest absolute Gasteiger partial charge is 0.351 e. The minimum Gasteiger partial charge on any atom is -0.351 e. The molecule has 1 aliphatic heterocycles. The average Bonchev–Trinajstić information content (AvgIpc) is 3.34. The van der Waals surface area contributed by atoms with Crippen molar-refractivity contribution < 1.29 is 13.2 Å².